The van der Waals surface area contributed by atoms with Crippen molar-refractivity contribution in [3.8, 4) is 0 Å². The van der Waals surface area contributed by atoms with Crippen molar-refractivity contribution >= 4 is 11.6 Å². The fraction of sp³-hybridized carbons (Fsp3) is 0.833. The molecule has 4 unspecified atom stereocenters. The first kappa shape index (κ1) is 10.5. The fourth-order valence-electron chi connectivity index (χ4n) is 3.92. The molecule has 0 radical (unpaired) electrons. The third kappa shape index (κ3) is 0.953. The Labute approximate surface area is 91.7 Å². The molecule has 0 spiro atoms. The van der Waals surface area contributed by atoms with E-state index in [0.717, 1.165) is 12.3 Å². The number of alkyl halides is 1. The maximum absolute atomic E-state index is 6.50. The number of rotatable bonds is 2. The largest absolute Gasteiger partial charge is 0.324 e. The van der Waals surface area contributed by atoms with Crippen LogP contribution in [0.25, 0.3) is 0 Å². The first-order chi connectivity index (χ1) is 6.46. The second-order valence-electron chi connectivity index (χ2n) is 5.46. The topological polar surface area (TPSA) is 26.0 Å². The average Bonchev–Trinajstić information content (AvgIpc) is 2.49. The highest BCUT2D eigenvalue weighted by Crippen LogP contribution is 2.68. The lowest BCUT2D eigenvalue weighted by Crippen LogP contribution is -2.50. The van der Waals surface area contributed by atoms with Gasteiger partial charge in [-0.25, -0.2) is 0 Å². The third-order valence-corrected chi connectivity index (χ3v) is 5.59. The highest BCUT2D eigenvalue weighted by Gasteiger charge is 2.65. The summed E-state index contributed by atoms with van der Waals surface area (Å²) in [6.45, 7) is 8.49. The number of halogens is 1. The molecule has 14 heavy (non-hydrogen) atoms. The van der Waals surface area contributed by atoms with Crippen molar-refractivity contribution in [1.29, 1.82) is 0 Å². The molecule has 2 saturated carbocycles. The molecule has 80 valence electrons. The van der Waals surface area contributed by atoms with Gasteiger partial charge in [-0.15, -0.1) is 18.2 Å². The van der Waals surface area contributed by atoms with Crippen LogP contribution in [-0.2, 0) is 0 Å². The van der Waals surface area contributed by atoms with Crippen LogP contribution in [0.4, 0.5) is 0 Å². The van der Waals surface area contributed by atoms with Crippen LogP contribution in [0.1, 0.15) is 33.1 Å². The van der Waals surface area contributed by atoms with Gasteiger partial charge in [0.25, 0.3) is 0 Å². The van der Waals surface area contributed by atoms with E-state index in [1.165, 1.54) is 12.8 Å². The fourth-order valence-corrected chi connectivity index (χ4v) is 4.68. The summed E-state index contributed by atoms with van der Waals surface area (Å²) in [7, 11) is 0. The Morgan fingerprint density at radius 2 is 2.21 bits per heavy atom. The SMILES string of the molecule is C=CC(N)C12CCC(CC1Cl)C2(C)C. The van der Waals surface area contributed by atoms with E-state index in [0.29, 0.717) is 0 Å². The van der Waals surface area contributed by atoms with Gasteiger partial charge in [-0.2, -0.15) is 0 Å². The molecular weight excluding hydrogens is 194 g/mol. The summed E-state index contributed by atoms with van der Waals surface area (Å²) in [6, 6.07) is 0.0486. The number of fused-ring (bicyclic) bond motifs is 2. The maximum atomic E-state index is 6.50. The highest BCUT2D eigenvalue weighted by molar-refractivity contribution is 6.21. The Morgan fingerprint density at radius 3 is 2.57 bits per heavy atom. The van der Waals surface area contributed by atoms with Crippen LogP contribution in [0.3, 0.4) is 0 Å². The molecule has 2 bridgehead atoms. The molecule has 2 fully saturated rings. The molecule has 1 nitrogen and oxygen atoms in total. The molecule has 0 amide bonds. The van der Waals surface area contributed by atoms with Crippen LogP contribution in [-0.4, -0.2) is 11.4 Å². The standard InChI is InChI=1S/C12H20ClN/c1-4-10(14)12-6-5-8(7-9(12)13)11(12,2)3/h4,8-10H,1,5-7,14H2,2-3H3. The minimum absolute atomic E-state index is 0.0486. The number of nitrogens with two attached hydrogens (primary N) is 1. The van der Waals surface area contributed by atoms with Gasteiger partial charge < -0.3 is 5.73 Å². The zero-order valence-corrected chi connectivity index (χ0v) is 9.85. The Kier molecular flexibility index (Phi) is 2.24. The van der Waals surface area contributed by atoms with Gasteiger partial charge in [-0.3, -0.25) is 0 Å². The predicted octanol–water partition coefficient (Wildman–Crippen LogP) is 2.93. The van der Waals surface area contributed by atoms with Crippen LogP contribution in [0.2, 0.25) is 0 Å². The Balaban J connectivity index is 2.44. The summed E-state index contributed by atoms with van der Waals surface area (Å²) in [6.07, 6.45) is 5.48. The first-order valence-corrected chi connectivity index (χ1v) is 5.92. The van der Waals surface area contributed by atoms with Crippen molar-refractivity contribution in [1.82, 2.24) is 0 Å². The van der Waals surface area contributed by atoms with Crippen LogP contribution in [0.5, 0.6) is 0 Å². The summed E-state index contributed by atoms with van der Waals surface area (Å²) < 4.78 is 0. The van der Waals surface area contributed by atoms with Gasteiger partial charge in [0.2, 0.25) is 0 Å². The summed E-state index contributed by atoms with van der Waals surface area (Å²) in [5, 5.41) is 0.240. The van der Waals surface area contributed by atoms with Crippen LogP contribution >= 0.6 is 11.6 Å². The lowest BCUT2D eigenvalue weighted by molar-refractivity contribution is 0.114. The van der Waals surface area contributed by atoms with E-state index in [2.05, 4.69) is 20.4 Å². The predicted molar refractivity (Wildman–Crippen MR) is 61.4 cm³/mol. The minimum atomic E-state index is 0.0486. The maximum Gasteiger partial charge on any atom is 0.0418 e. The molecule has 0 heterocycles. The molecule has 2 aliphatic rings. The summed E-state index contributed by atoms with van der Waals surface area (Å²) in [4.78, 5) is 0. The second-order valence-corrected chi connectivity index (χ2v) is 5.99. The molecule has 0 saturated heterocycles. The van der Waals surface area contributed by atoms with Gasteiger partial charge in [0.1, 0.15) is 0 Å². The molecule has 4 atom stereocenters. The Morgan fingerprint density at radius 1 is 1.57 bits per heavy atom. The Hall–Kier alpha value is -0.0100. The third-order valence-electron chi connectivity index (χ3n) is 5.03. The molecule has 2 aliphatic carbocycles. The van der Waals surface area contributed by atoms with Crippen LogP contribution < -0.4 is 5.73 Å². The molecule has 0 aromatic carbocycles. The van der Waals surface area contributed by atoms with Crippen molar-refractivity contribution in [3.63, 3.8) is 0 Å². The zero-order chi connectivity index (χ0) is 10.6. The van der Waals surface area contributed by atoms with Crippen molar-refractivity contribution in [2.45, 2.75) is 44.5 Å². The molecule has 2 heteroatoms. The van der Waals surface area contributed by atoms with Gasteiger partial charge in [0, 0.05) is 16.8 Å². The van der Waals surface area contributed by atoms with Gasteiger partial charge in [-0.1, -0.05) is 19.9 Å². The molecule has 2 N–H and O–H groups in total. The van der Waals surface area contributed by atoms with Crippen LogP contribution in [0.15, 0.2) is 12.7 Å². The van der Waals surface area contributed by atoms with E-state index in [4.69, 9.17) is 17.3 Å². The smallest absolute Gasteiger partial charge is 0.0418 e. The average molecular weight is 214 g/mol. The van der Waals surface area contributed by atoms with Gasteiger partial charge in [0.05, 0.1) is 0 Å². The minimum Gasteiger partial charge on any atom is -0.324 e. The molecule has 0 aromatic rings. The van der Waals surface area contributed by atoms with E-state index >= 15 is 0 Å². The molecule has 2 rings (SSSR count). The van der Waals surface area contributed by atoms with E-state index in [9.17, 15) is 0 Å². The lowest BCUT2D eigenvalue weighted by atomic mass is 9.65. The first-order valence-electron chi connectivity index (χ1n) is 5.49. The quantitative estimate of drug-likeness (QED) is 0.554. The number of hydrogen-bond donors (Lipinski definition) is 1. The molecule has 0 aromatic heterocycles. The van der Waals surface area contributed by atoms with Gasteiger partial charge >= 0.3 is 0 Å². The molecular formula is C12H20ClN. The summed E-state index contributed by atoms with van der Waals surface area (Å²) in [5.41, 5.74) is 6.60. The van der Waals surface area contributed by atoms with Gasteiger partial charge in [0.15, 0.2) is 0 Å². The summed E-state index contributed by atoms with van der Waals surface area (Å²) in [5.74, 6) is 0.760. The van der Waals surface area contributed by atoms with Gasteiger partial charge in [-0.05, 0) is 30.6 Å². The Bertz CT molecular complexity index is 261. The highest BCUT2D eigenvalue weighted by atomic mass is 35.5. The van der Waals surface area contributed by atoms with E-state index in [1.807, 2.05) is 6.08 Å². The van der Waals surface area contributed by atoms with E-state index in [-0.39, 0.29) is 22.2 Å². The number of hydrogen-bond acceptors (Lipinski definition) is 1. The summed E-state index contributed by atoms with van der Waals surface area (Å²) >= 11 is 6.50. The van der Waals surface area contributed by atoms with E-state index in [1.54, 1.807) is 0 Å². The van der Waals surface area contributed by atoms with Crippen molar-refractivity contribution in [3.05, 3.63) is 12.7 Å². The normalized spacial score (nSPS) is 46.6. The van der Waals surface area contributed by atoms with Crippen LogP contribution in [0, 0.1) is 16.7 Å². The van der Waals surface area contributed by atoms with Crippen molar-refractivity contribution in [2.75, 3.05) is 0 Å². The molecule has 0 aliphatic heterocycles. The van der Waals surface area contributed by atoms with Crippen molar-refractivity contribution in [2.24, 2.45) is 22.5 Å². The lowest BCUT2D eigenvalue weighted by Gasteiger charge is -2.44. The zero-order valence-electron chi connectivity index (χ0n) is 9.09. The van der Waals surface area contributed by atoms with E-state index < -0.39 is 0 Å². The second kappa shape index (κ2) is 2.99. The monoisotopic (exact) mass is 213 g/mol. The van der Waals surface area contributed by atoms with Crippen molar-refractivity contribution < 1.29 is 0 Å².